The Balaban J connectivity index is 1.46. The van der Waals surface area contributed by atoms with E-state index in [1.807, 2.05) is 30.3 Å². The molecule has 2 atom stereocenters. The summed E-state index contributed by atoms with van der Waals surface area (Å²) < 4.78 is 10.7. The van der Waals surface area contributed by atoms with Crippen LogP contribution in [0.25, 0.3) is 0 Å². The molecule has 180 valence electrons. The third-order valence-corrected chi connectivity index (χ3v) is 7.29. The highest BCUT2D eigenvalue weighted by Gasteiger charge is 2.41. The number of cyclic esters (lactones) is 1. The van der Waals surface area contributed by atoms with Crippen LogP contribution in [0.3, 0.4) is 0 Å². The number of carbonyl (C=O) groups is 3. The van der Waals surface area contributed by atoms with E-state index < -0.39 is 12.0 Å². The number of benzene rings is 1. The maximum atomic E-state index is 13.7. The van der Waals surface area contributed by atoms with Gasteiger partial charge in [-0.25, -0.2) is 9.69 Å². The predicted octanol–water partition coefficient (Wildman–Crippen LogP) is 3.80. The fourth-order valence-electron chi connectivity index (χ4n) is 5.34. The monoisotopic (exact) mass is 456 g/mol. The number of hydrogen-bond acceptors (Lipinski definition) is 5. The Labute approximate surface area is 196 Å². The maximum Gasteiger partial charge on any atom is 0.416 e. The van der Waals surface area contributed by atoms with Gasteiger partial charge in [-0.3, -0.25) is 9.59 Å². The average molecular weight is 457 g/mol. The summed E-state index contributed by atoms with van der Waals surface area (Å²) in [6.45, 7) is 2.38. The Hall–Kier alpha value is -2.41. The van der Waals surface area contributed by atoms with E-state index in [9.17, 15) is 14.4 Å². The quantitative estimate of drug-likeness (QED) is 0.595. The van der Waals surface area contributed by atoms with Crippen molar-refractivity contribution in [2.45, 2.75) is 63.8 Å². The Morgan fingerprint density at radius 3 is 2.48 bits per heavy atom. The summed E-state index contributed by atoms with van der Waals surface area (Å²) in [5.41, 5.74) is 1.06. The average Bonchev–Trinajstić information content (AvgIpc) is 3.22. The van der Waals surface area contributed by atoms with Gasteiger partial charge in [0.05, 0.1) is 19.3 Å². The van der Waals surface area contributed by atoms with Gasteiger partial charge in [-0.1, -0.05) is 62.4 Å². The first-order valence-electron chi connectivity index (χ1n) is 12.5. The number of imide groups is 1. The maximum absolute atomic E-state index is 13.7. The van der Waals surface area contributed by atoms with Crippen molar-refractivity contribution in [2.24, 2.45) is 11.8 Å². The first-order valence-corrected chi connectivity index (χ1v) is 12.5. The zero-order valence-electron chi connectivity index (χ0n) is 19.5. The van der Waals surface area contributed by atoms with Crippen LogP contribution < -0.4 is 0 Å². The summed E-state index contributed by atoms with van der Waals surface area (Å²) in [7, 11) is 0. The number of amides is 3. The molecule has 7 nitrogen and oxygen atoms in total. The largest absolute Gasteiger partial charge is 0.447 e. The van der Waals surface area contributed by atoms with Crippen molar-refractivity contribution in [1.82, 2.24) is 9.80 Å². The van der Waals surface area contributed by atoms with E-state index in [4.69, 9.17) is 9.47 Å². The number of nitrogens with zero attached hydrogens (tertiary/aromatic N) is 2. The topological polar surface area (TPSA) is 76.2 Å². The van der Waals surface area contributed by atoms with E-state index in [1.165, 1.54) is 37.0 Å². The van der Waals surface area contributed by atoms with Gasteiger partial charge in [0, 0.05) is 25.4 Å². The molecule has 0 bridgehead atoms. The second-order valence-electron chi connectivity index (χ2n) is 9.60. The van der Waals surface area contributed by atoms with Gasteiger partial charge in [0.15, 0.2) is 0 Å². The van der Waals surface area contributed by atoms with E-state index in [-0.39, 0.29) is 30.9 Å². The molecule has 0 spiro atoms. The zero-order chi connectivity index (χ0) is 23.0. The lowest BCUT2D eigenvalue weighted by atomic mass is 9.83. The van der Waals surface area contributed by atoms with Gasteiger partial charge in [-0.05, 0) is 30.7 Å². The van der Waals surface area contributed by atoms with Crippen molar-refractivity contribution in [3.05, 3.63) is 35.9 Å². The summed E-state index contributed by atoms with van der Waals surface area (Å²) >= 11 is 0. The van der Waals surface area contributed by atoms with Gasteiger partial charge >= 0.3 is 6.09 Å². The smallest absolute Gasteiger partial charge is 0.416 e. The molecule has 2 saturated heterocycles. The van der Waals surface area contributed by atoms with E-state index >= 15 is 0 Å². The molecule has 1 saturated carbocycles. The first kappa shape index (κ1) is 23.7. The zero-order valence-corrected chi connectivity index (χ0v) is 19.5. The van der Waals surface area contributed by atoms with Crippen molar-refractivity contribution in [3.8, 4) is 0 Å². The highest BCUT2D eigenvalue weighted by atomic mass is 16.6. The molecule has 3 fully saturated rings. The minimum Gasteiger partial charge on any atom is -0.447 e. The molecule has 0 radical (unpaired) electrons. The highest BCUT2D eigenvalue weighted by Crippen LogP contribution is 2.31. The number of ether oxygens (including phenoxy) is 2. The van der Waals surface area contributed by atoms with Gasteiger partial charge < -0.3 is 14.4 Å². The van der Waals surface area contributed by atoms with Gasteiger partial charge in [-0.15, -0.1) is 0 Å². The van der Waals surface area contributed by atoms with Gasteiger partial charge in [0.2, 0.25) is 11.8 Å². The van der Waals surface area contributed by atoms with Crippen molar-refractivity contribution < 1.29 is 23.9 Å². The molecule has 2 heterocycles. The van der Waals surface area contributed by atoms with E-state index in [0.29, 0.717) is 45.1 Å². The standard InChI is InChI=1S/C26H36N2O5/c29-24(27-13-15-32-16-14-27)18-22(12-11-20-7-3-1-4-8-20)25(30)28-23(19-33-26(28)31)17-21-9-5-2-6-10-21/h2,5-6,9-10,20,22-23H,1,3-4,7-8,11-19H2. The molecule has 7 heteroatoms. The number of hydrogen-bond donors (Lipinski definition) is 0. The lowest BCUT2D eigenvalue weighted by Crippen LogP contribution is -2.46. The summed E-state index contributed by atoms with van der Waals surface area (Å²) in [6, 6.07) is 9.51. The normalized spacial score (nSPS) is 22.8. The second kappa shape index (κ2) is 11.6. The summed E-state index contributed by atoms with van der Waals surface area (Å²) in [4.78, 5) is 42.4. The van der Waals surface area contributed by atoms with Crippen LogP contribution in [0, 0.1) is 11.8 Å². The van der Waals surface area contributed by atoms with Gasteiger partial charge in [-0.2, -0.15) is 0 Å². The number of rotatable bonds is 8. The third-order valence-electron chi connectivity index (χ3n) is 7.29. The summed E-state index contributed by atoms with van der Waals surface area (Å²) in [5.74, 6) is -0.160. The van der Waals surface area contributed by atoms with E-state index in [2.05, 4.69) is 0 Å². The minimum atomic E-state index is -0.581. The molecule has 1 aromatic carbocycles. The van der Waals surface area contributed by atoms with Crippen LogP contribution in [0.4, 0.5) is 4.79 Å². The fourth-order valence-corrected chi connectivity index (χ4v) is 5.34. The molecular formula is C26H36N2O5. The molecule has 0 aromatic heterocycles. The second-order valence-corrected chi connectivity index (χ2v) is 9.60. The minimum absolute atomic E-state index is 0.0209. The van der Waals surface area contributed by atoms with Gasteiger partial charge in [0.25, 0.3) is 0 Å². The van der Waals surface area contributed by atoms with Crippen LogP contribution >= 0.6 is 0 Å². The molecule has 3 amide bonds. The molecule has 1 aliphatic carbocycles. The molecular weight excluding hydrogens is 420 g/mol. The van der Waals surface area contributed by atoms with Crippen molar-refractivity contribution in [3.63, 3.8) is 0 Å². The molecule has 4 rings (SSSR count). The number of morpholine rings is 1. The van der Waals surface area contributed by atoms with E-state index in [0.717, 1.165) is 12.0 Å². The molecule has 33 heavy (non-hydrogen) atoms. The lowest BCUT2D eigenvalue weighted by molar-refractivity contribution is -0.142. The van der Waals surface area contributed by atoms with Crippen molar-refractivity contribution >= 4 is 17.9 Å². The Morgan fingerprint density at radius 1 is 1.03 bits per heavy atom. The van der Waals surface area contributed by atoms with E-state index in [1.54, 1.807) is 4.90 Å². The van der Waals surface area contributed by atoms with Crippen molar-refractivity contribution in [1.29, 1.82) is 0 Å². The lowest BCUT2D eigenvalue weighted by Gasteiger charge is -2.30. The molecule has 0 N–H and O–H groups in total. The van der Waals surface area contributed by atoms with Crippen molar-refractivity contribution in [2.75, 3.05) is 32.9 Å². The van der Waals surface area contributed by atoms with Crippen LogP contribution in [0.15, 0.2) is 30.3 Å². The fraction of sp³-hybridized carbons (Fsp3) is 0.654. The molecule has 1 aromatic rings. The third kappa shape index (κ3) is 6.34. The van der Waals surface area contributed by atoms with Crippen LogP contribution in [0.5, 0.6) is 0 Å². The summed E-state index contributed by atoms with van der Waals surface area (Å²) in [6.07, 6.45) is 7.86. The van der Waals surface area contributed by atoms with Crippen LogP contribution in [0.2, 0.25) is 0 Å². The Kier molecular flexibility index (Phi) is 8.37. The predicted molar refractivity (Wildman–Crippen MR) is 123 cm³/mol. The van der Waals surface area contributed by atoms with Crippen LogP contribution in [-0.2, 0) is 25.5 Å². The van der Waals surface area contributed by atoms with Crippen LogP contribution in [-0.4, -0.2) is 66.7 Å². The highest BCUT2D eigenvalue weighted by molar-refractivity contribution is 5.96. The molecule has 2 unspecified atom stereocenters. The summed E-state index contributed by atoms with van der Waals surface area (Å²) in [5, 5.41) is 0. The Bertz CT molecular complexity index is 802. The van der Waals surface area contributed by atoms with Gasteiger partial charge in [0.1, 0.15) is 6.61 Å². The Morgan fingerprint density at radius 2 is 1.76 bits per heavy atom. The molecule has 3 aliphatic rings. The molecule has 2 aliphatic heterocycles. The SMILES string of the molecule is O=C(CC(CCC1CCCCC1)C(=O)N1C(=O)OCC1Cc1ccccc1)N1CCOCC1. The van der Waals surface area contributed by atoms with Crippen LogP contribution in [0.1, 0.15) is 56.9 Å². The number of carbonyl (C=O) groups excluding carboxylic acids is 3. The first-order chi connectivity index (χ1) is 16.1.